The number of nitrogens with one attached hydrogen (secondary N) is 2. The summed E-state index contributed by atoms with van der Waals surface area (Å²) in [5, 5.41) is 10.8. The van der Waals surface area contributed by atoms with Crippen molar-refractivity contribution in [2.75, 3.05) is 18.4 Å². The van der Waals surface area contributed by atoms with Gasteiger partial charge in [-0.25, -0.2) is 0 Å². The van der Waals surface area contributed by atoms with Crippen LogP contribution in [0.4, 0.5) is 5.69 Å². The van der Waals surface area contributed by atoms with E-state index in [9.17, 15) is 0 Å². The third kappa shape index (κ3) is 2.10. The van der Waals surface area contributed by atoms with Gasteiger partial charge in [0.1, 0.15) is 0 Å². The number of nitrogens with zero attached hydrogens (tertiary/aromatic N) is 2. The summed E-state index contributed by atoms with van der Waals surface area (Å²) in [5.74, 6) is 0. The second-order valence-corrected chi connectivity index (χ2v) is 5.84. The predicted octanol–water partition coefficient (Wildman–Crippen LogP) is 2.73. The minimum atomic E-state index is 0.606. The molecule has 0 radical (unpaired) electrons. The topological polar surface area (TPSA) is 44.0 Å². The average molecular weight is 268 g/mol. The molecule has 2 aromatic rings. The number of aromatic nitrogens is 2. The molecule has 2 unspecified atom stereocenters. The van der Waals surface area contributed by atoms with E-state index in [2.05, 4.69) is 44.7 Å². The summed E-state index contributed by atoms with van der Waals surface area (Å²) in [5.41, 5.74) is 3.48. The molecule has 1 aromatic carbocycles. The monoisotopic (exact) mass is 268 g/mol. The van der Waals surface area contributed by atoms with Gasteiger partial charge in [0.15, 0.2) is 0 Å². The lowest BCUT2D eigenvalue weighted by Gasteiger charge is -2.22. The van der Waals surface area contributed by atoms with Gasteiger partial charge in [-0.15, -0.1) is 0 Å². The number of anilines is 1. The summed E-state index contributed by atoms with van der Waals surface area (Å²) in [6.07, 6.45) is 5.76. The van der Waals surface area contributed by atoms with Gasteiger partial charge >= 0.3 is 0 Å². The van der Waals surface area contributed by atoms with E-state index >= 15 is 0 Å². The standard InChI is InChI=1S/C16H20N4/c1-3-12(14-6-8-17-19-14)11-13(4-1)18-15-7-10-20-9-2-5-16(15)20/h1,3-4,6,8,11,15-16,18H,2,5,7,9-10H2,(H,17,19). The number of aromatic amines is 1. The minimum absolute atomic E-state index is 0.606. The van der Waals surface area contributed by atoms with Crippen LogP contribution in [0.3, 0.4) is 0 Å². The molecule has 0 aliphatic carbocycles. The molecule has 2 atom stereocenters. The highest BCUT2D eigenvalue weighted by atomic mass is 15.2. The van der Waals surface area contributed by atoms with Crippen LogP contribution in [0.5, 0.6) is 0 Å². The third-order valence-electron chi connectivity index (χ3n) is 4.63. The van der Waals surface area contributed by atoms with Crippen molar-refractivity contribution in [3.05, 3.63) is 36.5 Å². The molecule has 2 saturated heterocycles. The van der Waals surface area contributed by atoms with Crippen LogP contribution in [0.15, 0.2) is 36.5 Å². The van der Waals surface area contributed by atoms with Gasteiger partial charge in [-0.05, 0) is 44.0 Å². The van der Waals surface area contributed by atoms with Gasteiger partial charge in [-0.2, -0.15) is 5.10 Å². The molecule has 4 rings (SSSR count). The summed E-state index contributed by atoms with van der Waals surface area (Å²) in [6, 6.07) is 12.0. The molecule has 0 spiro atoms. The van der Waals surface area contributed by atoms with Crippen LogP contribution in [0.25, 0.3) is 11.3 Å². The van der Waals surface area contributed by atoms with Crippen molar-refractivity contribution in [2.24, 2.45) is 0 Å². The van der Waals surface area contributed by atoms with Gasteiger partial charge in [0.25, 0.3) is 0 Å². The molecule has 2 aliphatic heterocycles. The van der Waals surface area contributed by atoms with Crippen molar-refractivity contribution >= 4 is 5.69 Å². The Bertz CT molecular complexity index is 578. The Kier molecular flexibility index (Phi) is 2.96. The molecule has 0 bridgehead atoms. The highest BCUT2D eigenvalue weighted by Gasteiger charge is 2.36. The van der Waals surface area contributed by atoms with E-state index in [1.165, 1.54) is 43.6 Å². The zero-order valence-electron chi connectivity index (χ0n) is 11.5. The average Bonchev–Trinajstić information content (AvgIpc) is 3.18. The van der Waals surface area contributed by atoms with E-state index in [1.807, 2.05) is 6.07 Å². The minimum Gasteiger partial charge on any atom is -0.381 e. The number of hydrogen-bond donors (Lipinski definition) is 2. The fourth-order valence-corrected chi connectivity index (χ4v) is 3.66. The van der Waals surface area contributed by atoms with Crippen LogP contribution in [-0.4, -0.2) is 40.3 Å². The highest BCUT2D eigenvalue weighted by Crippen LogP contribution is 2.30. The van der Waals surface area contributed by atoms with Gasteiger partial charge in [0, 0.05) is 36.1 Å². The van der Waals surface area contributed by atoms with Crippen LogP contribution >= 0.6 is 0 Å². The van der Waals surface area contributed by atoms with Crippen molar-refractivity contribution in [3.63, 3.8) is 0 Å². The summed E-state index contributed by atoms with van der Waals surface area (Å²) >= 11 is 0. The Labute approximate surface area is 119 Å². The molecule has 3 heterocycles. The number of rotatable bonds is 3. The van der Waals surface area contributed by atoms with Crippen LogP contribution in [0, 0.1) is 0 Å². The van der Waals surface area contributed by atoms with E-state index in [1.54, 1.807) is 6.20 Å². The lowest BCUT2D eigenvalue weighted by Crippen LogP contribution is -2.33. The van der Waals surface area contributed by atoms with Crippen LogP contribution in [0.2, 0.25) is 0 Å². The Balaban J connectivity index is 1.53. The molecule has 2 N–H and O–H groups in total. The zero-order valence-corrected chi connectivity index (χ0v) is 11.5. The molecule has 4 nitrogen and oxygen atoms in total. The highest BCUT2D eigenvalue weighted by molar-refractivity contribution is 5.64. The largest absolute Gasteiger partial charge is 0.381 e. The van der Waals surface area contributed by atoms with Gasteiger partial charge in [0.05, 0.1) is 5.69 Å². The van der Waals surface area contributed by atoms with E-state index in [0.717, 1.165) is 11.7 Å². The van der Waals surface area contributed by atoms with Crippen molar-refractivity contribution in [1.29, 1.82) is 0 Å². The Morgan fingerprint density at radius 2 is 2.20 bits per heavy atom. The second-order valence-electron chi connectivity index (χ2n) is 5.84. The molecular formula is C16H20N4. The number of hydrogen-bond acceptors (Lipinski definition) is 3. The SMILES string of the molecule is c1cc(NC2CCN3CCCC23)cc(-c2ccn[nH]2)c1. The van der Waals surface area contributed by atoms with E-state index in [-0.39, 0.29) is 0 Å². The summed E-state index contributed by atoms with van der Waals surface area (Å²) < 4.78 is 0. The van der Waals surface area contributed by atoms with E-state index in [0.29, 0.717) is 6.04 Å². The summed E-state index contributed by atoms with van der Waals surface area (Å²) in [7, 11) is 0. The molecule has 1 aromatic heterocycles. The van der Waals surface area contributed by atoms with Crippen molar-refractivity contribution in [1.82, 2.24) is 15.1 Å². The lowest BCUT2D eigenvalue weighted by molar-refractivity contribution is 0.318. The van der Waals surface area contributed by atoms with Gasteiger partial charge in [-0.1, -0.05) is 12.1 Å². The van der Waals surface area contributed by atoms with Crippen molar-refractivity contribution in [3.8, 4) is 11.3 Å². The first-order chi connectivity index (χ1) is 9.90. The van der Waals surface area contributed by atoms with Gasteiger partial charge < -0.3 is 5.32 Å². The van der Waals surface area contributed by atoms with Crippen LogP contribution in [-0.2, 0) is 0 Å². The number of H-pyrrole nitrogens is 1. The Morgan fingerprint density at radius 1 is 1.20 bits per heavy atom. The molecule has 20 heavy (non-hydrogen) atoms. The molecule has 2 fully saturated rings. The number of fused-ring (bicyclic) bond motifs is 1. The first kappa shape index (κ1) is 12.0. The zero-order chi connectivity index (χ0) is 13.4. The fraction of sp³-hybridized carbons (Fsp3) is 0.438. The van der Waals surface area contributed by atoms with Crippen LogP contribution in [0.1, 0.15) is 19.3 Å². The maximum Gasteiger partial charge on any atom is 0.0650 e. The van der Waals surface area contributed by atoms with Gasteiger partial charge in [-0.3, -0.25) is 10.00 Å². The van der Waals surface area contributed by atoms with Crippen LogP contribution < -0.4 is 5.32 Å². The molecule has 104 valence electrons. The maximum atomic E-state index is 4.02. The second kappa shape index (κ2) is 4.94. The molecule has 0 saturated carbocycles. The molecule has 2 aliphatic rings. The van der Waals surface area contributed by atoms with E-state index < -0.39 is 0 Å². The maximum absolute atomic E-state index is 4.02. The van der Waals surface area contributed by atoms with Crippen molar-refractivity contribution in [2.45, 2.75) is 31.3 Å². The third-order valence-corrected chi connectivity index (χ3v) is 4.63. The Morgan fingerprint density at radius 3 is 3.10 bits per heavy atom. The summed E-state index contributed by atoms with van der Waals surface area (Å²) in [6.45, 7) is 2.54. The number of benzene rings is 1. The van der Waals surface area contributed by atoms with Gasteiger partial charge in [0.2, 0.25) is 0 Å². The smallest absolute Gasteiger partial charge is 0.0650 e. The normalized spacial score (nSPS) is 25.8. The molecule has 0 amide bonds. The predicted molar refractivity (Wildman–Crippen MR) is 80.6 cm³/mol. The molecule has 4 heteroatoms. The summed E-state index contributed by atoms with van der Waals surface area (Å²) in [4.78, 5) is 2.64. The fourth-order valence-electron chi connectivity index (χ4n) is 3.66. The van der Waals surface area contributed by atoms with E-state index in [4.69, 9.17) is 0 Å². The quantitative estimate of drug-likeness (QED) is 0.899. The molecular weight excluding hydrogens is 248 g/mol. The van der Waals surface area contributed by atoms with Crippen molar-refractivity contribution < 1.29 is 0 Å². The first-order valence-electron chi connectivity index (χ1n) is 7.50. The lowest BCUT2D eigenvalue weighted by atomic mass is 10.1. The Hall–Kier alpha value is -1.81. The first-order valence-corrected chi connectivity index (χ1v) is 7.50.